The summed E-state index contributed by atoms with van der Waals surface area (Å²) in [5, 5.41) is 0. The van der Waals surface area contributed by atoms with E-state index in [1.54, 1.807) is 14.2 Å². The molecule has 0 fully saturated rings. The van der Waals surface area contributed by atoms with Gasteiger partial charge in [0.15, 0.2) is 0 Å². The fourth-order valence-corrected chi connectivity index (χ4v) is 4.24. The molecule has 0 unspecified atom stereocenters. The second kappa shape index (κ2) is 5.95. The first kappa shape index (κ1) is 16.3. The topological polar surface area (TPSA) is 24.9 Å². The molecular weight excluding hydrogens is 312 g/mol. The molecule has 0 radical (unpaired) electrons. The molecule has 0 aliphatic carbocycles. The monoisotopic (exact) mass is 338 g/mol. The number of fused-ring (bicyclic) bond motifs is 3. The van der Waals surface area contributed by atoms with E-state index in [1.807, 2.05) is 0 Å². The van der Waals surface area contributed by atoms with E-state index in [-0.39, 0.29) is 5.41 Å². The largest absolute Gasteiger partial charge is 0.497 e. The second-order valence-electron chi connectivity index (χ2n) is 7.30. The molecule has 4 heteroatoms. The van der Waals surface area contributed by atoms with Gasteiger partial charge in [0.1, 0.15) is 11.5 Å². The number of methoxy groups -OCH3 is 2. The van der Waals surface area contributed by atoms with Crippen molar-refractivity contribution < 1.29 is 9.47 Å². The maximum absolute atomic E-state index is 5.52. The summed E-state index contributed by atoms with van der Waals surface area (Å²) in [6, 6.07) is 13.0. The van der Waals surface area contributed by atoms with Crippen LogP contribution in [0.1, 0.15) is 24.5 Å². The highest BCUT2D eigenvalue weighted by atomic mass is 16.5. The highest BCUT2D eigenvalue weighted by Gasteiger charge is 2.41. The Bertz CT molecular complexity index is 747. The van der Waals surface area contributed by atoms with Gasteiger partial charge < -0.3 is 19.3 Å². The Balaban J connectivity index is 1.99. The molecule has 2 aliphatic heterocycles. The lowest BCUT2D eigenvalue weighted by molar-refractivity contribution is 0.316. The highest BCUT2D eigenvalue weighted by molar-refractivity contribution is 5.80. The van der Waals surface area contributed by atoms with Crippen LogP contribution < -0.4 is 14.4 Å². The van der Waals surface area contributed by atoms with Crippen molar-refractivity contribution in [1.29, 1.82) is 0 Å². The molecule has 0 saturated carbocycles. The van der Waals surface area contributed by atoms with Crippen LogP contribution in [0, 0.1) is 0 Å². The summed E-state index contributed by atoms with van der Waals surface area (Å²) < 4.78 is 11.0. The Morgan fingerprint density at radius 1 is 0.840 bits per heavy atom. The van der Waals surface area contributed by atoms with Crippen molar-refractivity contribution in [3.63, 3.8) is 0 Å². The molecule has 4 nitrogen and oxygen atoms in total. The third-order valence-electron chi connectivity index (χ3n) is 5.88. The van der Waals surface area contributed by atoms with Crippen LogP contribution in [0.5, 0.6) is 11.5 Å². The van der Waals surface area contributed by atoms with Crippen molar-refractivity contribution in [2.24, 2.45) is 0 Å². The Hall–Kier alpha value is -2.20. The summed E-state index contributed by atoms with van der Waals surface area (Å²) in [7, 11) is 5.68. The molecule has 0 amide bonds. The number of likely N-dealkylation sites (N-methyl/N-ethyl adjacent to an activating group) is 1. The molecule has 25 heavy (non-hydrogen) atoms. The first-order chi connectivity index (χ1) is 12.1. The summed E-state index contributed by atoms with van der Waals surface area (Å²) >= 11 is 0. The molecule has 4 rings (SSSR count). The molecule has 0 spiro atoms. The van der Waals surface area contributed by atoms with Crippen molar-refractivity contribution in [2.45, 2.75) is 18.8 Å². The molecule has 0 saturated heterocycles. The molecule has 0 atom stereocenters. The lowest BCUT2D eigenvalue weighted by Gasteiger charge is -2.43. The average molecular weight is 338 g/mol. The number of hydrogen-bond acceptors (Lipinski definition) is 4. The Morgan fingerprint density at radius 3 is 1.92 bits per heavy atom. The van der Waals surface area contributed by atoms with E-state index >= 15 is 0 Å². The van der Waals surface area contributed by atoms with Crippen molar-refractivity contribution in [3.8, 4) is 11.5 Å². The van der Waals surface area contributed by atoms with E-state index in [9.17, 15) is 0 Å². The Kier molecular flexibility index (Phi) is 3.88. The lowest BCUT2D eigenvalue weighted by Crippen LogP contribution is -2.35. The second-order valence-corrected chi connectivity index (χ2v) is 7.30. The number of ether oxygens (including phenoxy) is 2. The summed E-state index contributed by atoms with van der Waals surface area (Å²) in [6.07, 6.45) is 1.09. The summed E-state index contributed by atoms with van der Waals surface area (Å²) in [4.78, 5) is 4.86. The maximum Gasteiger partial charge on any atom is 0.120 e. The van der Waals surface area contributed by atoms with Crippen LogP contribution in [0.15, 0.2) is 36.4 Å². The Labute approximate surface area is 150 Å². The predicted molar refractivity (Wildman–Crippen MR) is 102 cm³/mol. The number of benzene rings is 2. The molecule has 2 heterocycles. The molecule has 2 aromatic carbocycles. The van der Waals surface area contributed by atoms with Crippen LogP contribution in [0.2, 0.25) is 0 Å². The predicted octanol–water partition coefficient (Wildman–Crippen LogP) is 3.80. The van der Waals surface area contributed by atoms with E-state index in [2.05, 4.69) is 60.2 Å². The van der Waals surface area contributed by atoms with Gasteiger partial charge in [0, 0.05) is 42.0 Å². The van der Waals surface area contributed by atoms with E-state index in [1.165, 1.54) is 22.5 Å². The Morgan fingerprint density at radius 2 is 1.40 bits per heavy atom. The van der Waals surface area contributed by atoms with Crippen LogP contribution in [0.25, 0.3) is 0 Å². The number of anilines is 2. The van der Waals surface area contributed by atoms with E-state index in [0.717, 1.165) is 37.6 Å². The zero-order chi connectivity index (χ0) is 17.6. The molecule has 2 aliphatic rings. The first-order valence-electron chi connectivity index (χ1n) is 8.90. The van der Waals surface area contributed by atoms with Crippen molar-refractivity contribution in [3.05, 3.63) is 47.5 Å². The minimum Gasteiger partial charge on any atom is -0.497 e. The van der Waals surface area contributed by atoms with Gasteiger partial charge in [-0.15, -0.1) is 0 Å². The molecular formula is C21H26N2O2. The van der Waals surface area contributed by atoms with Crippen molar-refractivity contribution in [2.75, 3.05) is 45.8 Å². The highest BCUT2D eigenvalue weighted by Crippen LogP contribution is 2.52. The van der Waals surface area contributed by atoms with Gasteiger partial charge in [-0.25, -0.2) is 0 Å². The lowest BCUT2D eigenvalue weighted by atomic mass is 9.70. The smallest absolute Gasteiger partial charge is 0.120 e. The van der Waals surface area contributed by atoms with Crippen LogP contribution in [-0.2, 0) is 5.41 Å². The van der Waals surface area contributed by atoms with Gasteiger partial charge in [-0.2, -0.15) is 0 Å². The maximum atomic E-state index is 5.52. The summed E-state index contributed by atoms with van der Waals surface area (Å²) in [5.41, 5.74) is 5.29. The quantitative estimate of drug-likeness (QED) is 0.832. The third-order valence-corrected chi connectivity index (χ3v) is 5.88. The fourth-order valence-electron chi connectivity index (χ4n) is 4.24. The van der Waals surface area contributed by atoms with E-state index < -0.39 is 0 Å². The van der Waals surface area contributed by atoms with Gasteiger partial charge in [-0.05, 0) is 43.3 Å². The SMILES string of the molecule is COc1ccc2c(c1)N1CCN(C)CCC2(C)c2ccc(OC)cc21. The minimum absolute atomic E-state index is 0.0156. The molecule has 132 valence electrons. The van der Waals surface area contributed by atoms with Crippen LogP contribution in [-0.4, -0.2) is 45.8 Å². The number of nitrogens with zero attached hydrogens (tertiary/aromatic N) is 2. The number of rotatable bonds is 2. The molecule has 0 N–H and O–H groups in total. The minimum atomic E-state index is -0.0156. The molecule has 2 aromatic rings. The zero-order valence-electron chi connectivity index (χ0n) is 15.5. The first-order valence-corrected chi connectivity index (χ1v) is 8.90. The van der Waals surface area contributed by atoms with Gasteiger partial charge >= 0.3 is 0 Å². The van der Waals surface area contributed by atoms with E-state index in [0.29, 0.717) is 0 Å². The van der Waals surface area contributed by atoms with Gasteiger partial charge in [-0.1, -0.05) is 19.1 Å². The third kappa shape index (κ3) is 2.47. The van der Waals surface area contributed by atoms with Crippen molar-refractivity contribution in [1.82, 2.24) is 4.90 Å². The molecule has 0 aromatic heterocycles. The fraction of sp³-hybridized carbons (Fsp3) is 0.429. The molecule has 2 bridgehead atoms. The van der Waals surface area contributed by atoms with Gasteiger partial charge in [0.25, 0.3) is 0 Å². The summed E-state index contributed by atoms with van der Waals surface area (Å²) in [5.74, 6) is 1.81. The van der Waals surface area contributed by atoms with Gasteiger partial charge in [0.05, 0.1) is 14.2 Å². The average Bonchev–Trinajstić information content (AvgIpc) is 2.73. The normalized spacial score (nSPS) is 18.6. The van der Waals surface area contributed by atoms with Crippen LogP contribution >= 0.6 is 0 Å². The van der Waals surface area contributed by atoms with E-state index in [4.69, 9.17) is 9.47 Å². The van der Waals surface area contributed by atoms with Gasteiger partial charge in [-0.3, -0.25) is 0 Å². The van der Waals surface area contributed by atoms with Crippen molar-refractivity contribution >= 4 is 11.4 Å². The van der Waals surface area contributed by atoms with Gasteiger partial charge in [0.2, 0.25) is 0 Å². The zero-order valence-corrected chi connectivity index (χ0v) is 15.5. The van der Waals surface area contributed by atoms with Crippen LogP contribution in [0.4, 0.5) is 11.4 Å². The number of hydrogen-bond donors (Lipinski definition) is 0. The standard InChI is InChI=1S/C21H26N2O2/c1-21-9-10-22(2)11-12-23(19-13-15(24-3)5-7-17(19)21)20-14-16(25-4)6-8-18(20)21/h5-8,13-14H,9-12H2,1-4H3. The van der Waals surface area contributed by atoms with Crippen LogP contribution in [0.3, 0.4) is 0 Å². The summed E-state index contributed by atoms with van der Waals surface area (Å²) in [6.45, 7) is 5.44.